The van der Waals surface area contributed by atoms with Crippen molar-refractivity contribution in [1.82, 2.24) is 4.90 Å². The van der Waals surface area contributed by atoms with E-state index in [1.807, 2.05) is 0 Å². The van der Waals surface area contributed by atoms with Crippen molar-refractivity contribution in [2.75, 3.05) is 20.2 Å². The van der Waals surface area contributed by atoms with Crippen LogP contribution >= 0.6 is 0 Å². The zero-order valence-electron chi connectivity index (χ0n) is 11.9. The van der Waals surface area contributed by atoms with Gasteiger partial charge in [-0.1, -0.05) is 11.8 Å². The molecule has 0 aliphatic carbocycles. The molecule has 0 aliphatic rings. The highest BCUT2D eigenvalue weighted by atomic mass is 19.1. The second kappa shape index (κ2) is 6.51. The fourth-order valence-corrected chi connectivity index (χ4v) is 1.51. The maximum Gasteiger partial charge on any atom is 0.255 e. The molecular formula is C15H19FN2O2. The maximum atomic E-state index is 13.3. The minimum Gasteiger partial charge on any atom is -0.394 e. The number of hydrogen-bond donors (Lipinski definition) is 2. The Bertz CT molecular complexity index is 559. The minimum absolute atomic E-state index is 0.127. The summed E-state index contributed by atoms with van der Waals surface area (Å²) in [6, 6.07) is 3.80. The SMILES string of the molecule is CN(C(=O)c1ccc(F)cc1C#CCN)C(C)(C)CO. The van der Waals surface area contributed by atoms with E-state index >= 15 is 0 Å². The molecule has 0 fully saturated rings. The lowest BCUT2D eigenvalue weighted by molar-refractivity contribution is 0.0473. The van der Waals surface area contributed by atoms with Crippen LogP contribution in [0, 0.1) is 17.7 Å². The van der Waals surface area contributed by atoms with E-state index < -0.39 is 11.4 Å². The van der Waals surface area contributed by atoms with Crippen molar-refractivity contribution in [3.05, 3.63) is 35.1 Å². The van der Waals surface area contributed by atoms with E-state index in [0.29, 0.717) is 5.56 Å². The summed E-state index contributed by atoms with van der Waals surface area (Å²) in [5.74, 6) is 4.51. The molecule has 0 radical (unpaired) electrons. The molecule has 1 amide bonds. The van der Waals surface area contributed by atoms with E-state index in [0.717, 1.165) is 0 Å². The van der Waals surface area contributed by atoms with Crippen molar-refractivity contribution in [3.63, 3.8) is 0 Å². The molecule has 0 aromatic heterocycles. The first-order chi connectivity index (χ1) is 9.33. The lowest BCUT2D eigenvalue weighted by Crippen LogP contribution is -2.47. The summed E-state index contributed by atoms with van der Waals surface area (Å²) in [5.41, 5.74) is 5.16. The summed E-state index contributed by atoms with van der Waals surface area (Å²) in [7, 11) is 1.59. The largest absolute Gasteiger partial charge is 0.394 e. The molecule has 0 saturated heterocycles. The van der Waals surface area contributed by atoms with Gasteiger partial charge in [0.1, 0.15) is 5.82 Å². The predicted octanol–water partition coefficient (Wildman–Crippen LogP) is 0.979. The minimum atomic E-state index is -0.718. The number of carbonyl (C=O) groups excluding carboxylic acids is 1. The predicted molar refractivity (Wildman–Crippen MR) is 75.6 cm³/mol. The number of halogens is 1. The van der Waals surface area contributed by atoms with E-state index in [4.69, 9.17) is 5.73 Å². The van der Waals surface area contributed by atoms with Crippen LogP contribution in [0.4, 0.5) is 4.39 Å². The Morgan fingerprint density at radius 2 is 2.15 bits per heavy atom. The molecule has 0 aliphatic heterocycles. The van der Waals surface area contributed by atoms with Crippen LogP contribution in [-0.4, -0.2) is 41.7 Å². The fourth-order valence-electron chi connectivity index (χ4n) is 1.51. The van der Waals surface area contributed by atoms with Crippen molar-refractivity contribution >= 4 is 5.91 Å². The third-order valence-corrected chi connectivity index (χ3v) is 3.14. The first kappa shape index (κ1) is 16.2. The molecule has 20 heavy (non-hydrogen) atoms. The van der Waals surface area contributed by atoms with Gasteiger partial charge < -0.3 is 15.7 Å². The van der Waals surface area contributed by atoms with Gasteiger partial charge in [0.2, 0.25) is 0 Å². The van der Waals surface area contributed by atoms with Gasteiger partial charge in [0.05, 0.1) is 24.3 Å². The van der Waals surface area contributed by atoms with Crippen LogP contribution in [0.2, 0.25) is 0 Å². The Morgan fingerprint density at radius 3 is 2.70 bits per heavy atom. The summed E-state index contributed by atoms with van der Waals surface area (Å²) in [5, 5.41) is 9.32. The molecule has 1 aromatic rings. The number of hydrogen-bond acceptors (Lipinski definition) is 3. The molecule has 108 valence electrons. The fraction of sp³-hybridized carbons (Fsp3) is 0.400. The molecule has 0 unspecified atom stereocenters. The summed E-state index contributed by atoms with van der Waals surface area (Å²) in [6.07, 6.45) is 0. The van der Waals surface area contributed by atoms with Gasteiger partial charge in [0.15, 0.2) is 0 Å². The van der Waals surface area contributed by atoms with Crippen LogP contribution in [0.1, 0.15) is 29.8 Å². The van der Waals surface area contributed by atoms with E-state index in [2.05, 4.69) is 11.8 Å². The molecule has 0 atom stereocenters. The molecule has 5 heteroatoms. The number of amides is 1. The smallest absolute Gasteiger partial charge is 0.255 e. The van der Waals surface area contributed by atoms with Gasteiger partial charge >= 0.3 is 0 Å². The highest BCUT2D eigenvalue weighted by Gasteiger charge is 2.28. The van der Waals surface area contributed by atoms with E-state index in [-0.39, 0.29) is 24.6 Å². The van der Waals surface area contributed by atoms with Crippen LogP contribution in [0.3, 0.4) is 0 Å². The topological polar surface area (TPSA) is 66.6 Å². The van der Waals surface area contributed by atoms with E-state index in [1.54, 1.807) is 20.9 Å². The van der Waals surface area contributed by atoms with E-state index in [1.165, 1.54) is 23.1 Å². The third kappa shape index (κ3) is 3.56. The second-order valence-corrected chi connectivity index (χ2v) is 5.03. The Morgan fingerprint density at radius 1 is 1.50 bits per heavy atom. The molecule has 3 N–H and O–H groups in total. The lowest BCUT2D eigenvalue weighted by atomic mass is 10.0. The Kier molecular flexibility index (Phi) is 5.26. The number of carbonyl (C=O) groups is 1. The van der Waals surface area contributed by atoms with Gasteiger partial charge in [-0.3, -0.25) is 4.79 Å². The molecule has 1 rings (SSSR count). The molecule has 0 bridgehead atoms. The van der Waals surface area contributed by atoms with Gasteiger partial charge in [-0.15, -0.1) is 0 Å². The number of rotatable bonds is 3. The standard InChI is InChI=1S/C15H19FN2O2/c1-15(2,10-19)18(3)14(20)13-7-6-12(16)9-11(13)5-4-8-17/h6-7,9,19H,8,10,17H2,1-3H3. The average Bonchev–Trinajstić information content (AvgIpc) is 2.43. The maximum absolute atomic E-state index is 13.3. The zero-order chi connectivity index (χ0) is 15.3. The highest BCUT2D eigenvalue weighted by molar-refractivity contribution is 5.97. The zero-order valence-corrected chi connectivity index (χ0v) is 11.9. The van der Waals surface area contributed by atoms with Crippen molar-refractivity contribution in [1.29, 1.82) is 0 Å². The molecule has 1 aromatic carbocycles. The Hall–Kier alpha value is -1.90. The highest BCUT2D eigenvalue weighted by Crippen LogP contribution is 2.18. The number of aliphatic hydroxyl groups is 1. The lowest BCUT2D eigenvalue weighted by Gasteiger charge is -2.34. The molecule has 0 heterocycles. The number of benzene rings is 1. The summed E-state index contributed by atoms with van der Waals surface area (Å²) in [6.45, 7) is 3.42. The number of aliphatic hydroxyl groups excluding tert-OH is 1. The van der Waals surface area contributed by atoms with Crippen molar-refractivity contribution in [2.45, 2.75) is 19.4 Å². The number of nitrogens with zero attached hydrogens (tertiary/aromatic N) is 1. The van der Waals surface area contributed by atoms with Crippen molar-refractivity contribution < 1.29 is 14.3 Å². The Labute approximate surface area is 118 Å². The van der Waals surface area contributed by atoms with Crippen LogP contribution in [0.15, 0.2) is 18.2 Å². The van der Waals surface area contributed by atoms with Gasteiger partial charge in [0.25, 0.3) is 5.91 Å². The number of likely N-dealkylation sites (N-methyl/N-ethyl adjacent to an activating group) is 1. The second-order valence-electron chi connectivity index (χ2n) is 5.03. The summed E-state index contributed by atoms with van der Waals surface area (Å²) in [4.78, 5) is 13.8. The molecule has 0 saturated carbocycles. The monoisotopic (exact) mass is 278 g/mol. The van der Waals surface area contributed by atoms with Crippen molar-refractivity contribution in [2.24, 2.45) is 5.73 Å². The average molecular weight is 278 g/mol. The molecule has 4 nitrogen and oxygen atoms in total. The summed E-state index contributed by atoms with van der Waals surface area (Å²) < 4.78 is 13.3. The first-order valence-electron chi connectivity index (χ1n) is 6.21. The van der Waals surface area contributed by atoms with Crippen LogP contribution in [0.25, 0.3) is 0 Å². The van der Waals surface area contributed by atoms with Crippen molar-refractivity contribution in [3.8, 4) is 11.8 Å². The quantitative estimate of drug-likeness (QED) is 0.810. The Balaban J connectivity index is 3.22. The van der Waals surface area contributed by atoms with E-state index in [9.17, 15) is 14.3 Å². The van der Waals surface area contributed by atoms with Gasteiger partial charge in [-0.05, 0) is 32.0 Å². The van der Waals surface area contributed by atoms with Crippen LogP contribution in [0.5, 0.6) is 0 Å². The van der Waals surface area contributed by atoms with Gasteiger partial charge in [-0.2, -0.15) is 0 Å². The first-order valence-corrected chi connectivity index (χ1v) is 6.21. The van der Waals surface area contributed by atoms with Gasteiger partial charge in [0, 0.05) is 12.6 Å². The molecular weight excluding hydrogens is 259 g/mol. The number of nitrogens with two attached hydrogens (primary N) is 1. The normalized spacial score (nSPS) is 10.7. The van der Waals surface area contributed by atoms with Crippen LogP contribution < -0.4 is 5.73 Å². The molecule has 0 spiro atoms. The van der Waals surface area contributed by atoms with Gasteiger partial charge in [-0.25, -0.2) is 4.39 Å². The van der Waals surface area contributed by atoms with Crippen LogP contribution in [-0.2, 0) is 0 Å². The summed E-state index contributed by atoms with van der Waals surface area (Å²) >= 11 is 0. The third-order valence-electron chi connectivity index (χ3n) is 3.14.